The van der Waals surface area contributed by atoms with Crippen LogP contribution in [0.1, 0.15) is 26.7 Å². The monoisotopic (exact) mass is 313 g/mol. The van der Waals surface area contributed by atoms with Gasteiger partial charge in [0.1, 0.15) is 23.0 Å². The molecule has 0 aliphatic heterocycles. The van der Waals surface area contributed by atoms with Gasteiger partial charge in [-0.2, -0.15) is 0 Å². The Hall–Kier alpha value is -2.30. The van der Waals surface area contributed by atoms with Crippen LogP contribution in [0.5, 0.6) is 23.0 Å². The Balaban J connectivity index is 1.73. The molecule has 0 saturated carbocycles. The van der Waals surface area contributed by atoms with Crippen LogP contribution < -0.4 is 18.8 Å². The molecule has 5 heteroatoms. The highest BCUT2D eigenvalue weighted by atomic mass is 16.6. The van der Waals surface area contributed by atoms with E-state index >= 15 is 0 Å². The summed E-state index contributed by atoms with van der Waals surface area (Å²) in [5.74, 6) is 3.05. The highest BCUT2D eigenvalue weighted by Crippen LogP contribution is 2.19. The van der Waals surface area contributed by atoms with Crippen LogP contribution in [0.2, 0.25) is 0 Å². The number of hydrogen-bond acceptors (Lipinski definition) is 4. The lowest BCUT2D eigenvalue weighted by Crippen LogP contribution is -2.10. The fraction of sp³-hybridized carbons (Fsp3) is 0.333. The maximum atomic E-state index is 5.51. The summed E-state index contributed by atoms with van der Waals surface area (Å²) < 4.78 is 21.9. The van der Waals surface area contributed by atoms with Crippen molar-refractivity contribution in [3.63, 3.8) is 0 Å². The van der Waals surface area contributed by atoms with Crippen LogP contribution >= 0.6 is 0 Å². The summed E-state index contributed by atoms with van der Waals surface area (Å²) in [6, 6.07) is 14.9. The zero-order valence-corrected chi connectivity index (χ0v) is 13.7. The molecule has 0 bridgehead atoms. The van der Waals surface area contributed by atoms with E-state index in [0.29, 0.717) is 24.7 Å². The highest BCUT2D eigenvalue weighted by molar-refractivity contribution is 6.20. The van der Waals surface area contributed by atoms with Gasteiger partial charge in [0.05, 0.1) is 13.2 Å². The summed E-state index contributed by atoms with van der Waals surface area (Å²) in [6.45, 7) is 5.58. The molecule has 121 valence electrons. The van der Waals surface area contributed by atoms with Gasteiger partial charge in [0.25, 0.3) is 0 Å². The van der Waals surface area contributed by atoms with Gasteiger partial charge in [0.2, 0.25) is 0 Å². The molecule has 2 aromatic rings. The van der Waals surface area contributed by atoms with E-state index in [2.05, 4.69) is 13.8 Å². The van der Waals surface area contributed by atoms with Gasteiger partial charge < -0.3 is 18.8 Å². The Morgan fingerprint density at radius 1 is 0.609 bits per heavy atom. The summed E-state index contributed by atoms with van der Waals surface area (Å²) in [5.41, 5.74) is 0. The van der Waals surface area contributed by atoms with Crippen molar-refractivity contribution in [2.45, 2.75) is 26.7 Å². The van der Waals surface area contributed by atoms with Gasteiger partial charge in [-0.25, -0.2) is 0 Å². The molecule has 0 atom stereocenters. The van der Waals surface area contributed by atoms with Gasteiger partial charge in [0, 0.05) is 0 Å². The number of ether oxygens (including phenoxy) is 2. The van der Waals surface area contributed by atoms with Crippen molar-refractivity contribution in [1.82, 2.24) is 0 Å². The first-order valence-electron chi connectivity index (χ1n) is 7.92. The summed E-state index contributed by atoms with van der Waals surface area (Å²) in [6.07, 6.45) is 1.98. The maximum Gasteiger partial charge on any atom is 0.658 e. The number of rotatable bonds is 10. The topological polar surface area (TPSA) is 36.9 Å². The first-order chi connectivity index (χ1) is 11.3. The highest BCUT2D eigenvalue weighted by Gasteiger charge is 2.03. The second-order valence-electron chi connectivity index (χ2n) is 4.97. The van der Waals surface area contributed by atoms with E-state index in [0.717, 1.165) is 24.3 Å². The normalized spacial score (nSPS) is 10.0. The minimum Gasteiger partial charge on any atom is -0.526 e. The van der Waals surface area contributed by atoms with Crippen LogP contribution in [-0.2, 0) is 0 Å². The Kier molecular flexibility index (Phi) is 7.17. The fourth-order valence-corrected chi connectivity index (χ4v) is 1.80. The fourth-order valence-electron chi connectivity index (χ4n) is 1.80. The van der Waals surface area contributed by atoms with Crippen molar-refractivity contribution in [3.05, 3.63) is 48.5 Å². The third-order valence-electron chi connectivity index (χ3n) is 2.96. The van der Waals surface area contributed by atoms with Crippen molar-refractivity contribution >= 4 is 7.69 Å². The molecule has 0 saturated heterocycles. The second-order valence-corrected chi connectivity index (χ2v) is 4.97. The van der Waals surface area contributed by atoms with Crippen molar-refractivity contribution in [2.75, 3.05) is 13.2 Å². The molecule has 4 nitrogen and oxygen atoms in total. The zero-order chi connectivity index (χ0) is 16.3. The summed E-state index contributed by atoms with van der Waals surface area (Å²) in [4.78, 5) is 0. The van der Waals surface area contributed by atoms with Crippen LogP contribution in [0.4, 0.5) is 0 Å². The van der Waals surface area contributed by atoms with Crippen molar-refractivity contribution in [3.8, 4) is 23.0 Å². The SMILES string of the molecule is CCCOc1ccc(O[B]Oc2ccc(OCCC)cc2)cc1. The molecule has 1 radical (unpaired) electrons. The molecule has 23 heavy (non-hydrogen) atoms. The van der Waals surface area contributed by atoms with Crippen LogP contribution in [0, 0.1) is 0 Å². The van der Waals surface area contributed by atoms with E-state index in [1.54, 1.807) is 0 Å². The van der Waals surface area contributed by atoms with Gasteiger partial charge in [-0.05, 0) is 61.4 Å². The molecule has 0 unspecified atom stereocenters. The summed E-state index contributed by atoms with van der Waals surface area (Å²) in [7, 11) is 1.31. The standard InChI is InChI=1S/C18H22BO4/c1-3-13-20-15-5-9-17(10-6-15)22-19-23-18-11-7-16(8-12-18)21-14-4-2/h5-12H,3-4,13-14H2,1-2H3. The van der Waals surface area contributed by atoms with Crippen LogP contribution in [0.3, 0.4) is 0 Å². The van der Waals surface area contributed by atoms with Crippen LogP contribution in [0.15, 0.2) is 48.5 Å². The molecular formula is C18H22BO4. The largest absolute Gasteiger partial charge is 0.658 e. The molecule has 0 fully saturated rings. The summed E-state index contributed by atoms with van der Waals surface area (Å²) in [5, 5.41) is 0. The van der Waals surface area contributed by atoms with E-state index in [4.69, 9.17) is 18.8 Å². The van der Waals surface area contributed by atoms with Gasteiger partial charge >= 0.3 is 7.69 Å². The Bertz CT molecular complexity index is 503. The van der Waals surface area contributed by atoms with E-state index in [1.165, 1.54) is 7.69 Å². The Labute approximate surface area is 138 Å². The molecule has 2 rings (SSSR count). The first-order valence-corrected chi connectivity index (χ1v) is 7.92. The average Bonchev–Trinajstić information content (AvgIpc) is 2.60. The molecule has 2 aromatic carbocycles. The molecule has 0 aromatic heterocycles. The molecular weight excluding hydrogens is 291 g/mol. The number of benzene rings is 2. The molecule has 0 amide bonds. The van der Waals surface area contributed by atoms with E-state index in [9.17, 15) is 0 Å². The van der Waals surface area contributed by atoms with Crippen molar-refractivity contribution in [1.29, 1.82) is 0 Å². The lowest BCUT2D eigenvalue weighted by Gasteiger charge is -2.09. The van der Waals surface area contributed by atoms with Gasteiger partial charge in [-0.15, -0.1) is 0 Å². The lowest BCUT2D eigenvalue weighted by atomic mass is 10.3. The smallest absolute Gasteiger partial charge is 0.526 e. The predicted molar refractivity (Wildman–Crippen MR) is 91.5 cm³/mol. The van der Waals surface area contributed by atoms with Gasteiger partial charge in [0.15, 0.2) is 0 Å². The second kappa shape index (κ2) is 9.67. The zero-order valence-electron chi connectivity index (χ0n) is 13.7. The molecule has 0 aliphatic rings. The number of hydrogen-bond donors (Lipinski definition) is 0. The minimum absolute atomic E-state index is 0.691. The quantitative estimate of drug-likeness (QED) is 0.614. The predicted octanol–water partition coefficient (Wildman–Crippen LogP) is 4.26. The molecule has 0 N–H and O–H groups in total. The minimum atomic E-state index is 0.691. The lowest BCUT2D eigenvalue weighted by molar-refractivity contribution is 0.317. The molecule has 0 spiro atoms. The summed E-state index contributed by atoms with van der Waals surface area (Å²) >= 11 is 0. The van der Waals surface area contributed by atoms with E-state index < -0.39 is 0 Å². The molecule has 0 aliphatic carbocycles. The van der Waals surface area contributed by atoms with Crippen LogP contribution in [-0.4, -0.2) is 20.9 Å². The third-order valence-corrected chi connectivity index (χ3v) is 2.96. The Morgan fingerprint density at radius 2 is 0.957 bits per heavy atom. The van der Waals surface area contributed by atoms with E-state index in [-0.39, 0.29) is 0 Å². The van der Waals surface area contributed by atoms with Crippen molar-refractivity contribution < 1.29 is 18.8 Å². The van der Waals surface area contributed by atoms with Gasteiger partial charge in [-0.1, -0.05) is 13.8 Å². The van der Waals surface area contributed by atoms with Crippen LogP contribution in [0.25, 0.3) is 0 Å². The third kappa shape index (κ3) is 6.14. The van der Waals surface area contributed by atoms with Crippen molar-refractivity contribution in [2.24, 2.45) is 0 Å². The maximum absolute atomic E-state index is 5.51. The Morgan fingerprint density at radius 3 is 1.30 bits per heavy atom. The average molecular weight is 313 g/mol. The molecule has 0 heterocycles. The first kappa shape index (κ1) is 17.1. The van der Waals surface area contributed by atoms with Gasteiger partial charge in [-0.3, -0.25) is 0 Å². The van der Waals surface area contributed by atoms with E-state index in [1.807, 2.05) is 48.5 Å².